The van der Waals surface area contributed by atoms with Crippen LogP contribution in [0.5, 0.6) is 0 Å². The van der Waals surface area contributed by atoms with Gasteiger partial charge in [-0.25, -0.2) is 4.79 Å². The molecule has 0 bridgehead atoms. The van der Waals surface area contributed by atoms with Crippen LogP contribution in [0.25, 0.3) is 0 Å². The molecule has 144 valence electrons. The van der Waals surface area contributed by atoms with Crippen LogP contribution >= 0.6 is 11.3 Å². The second-order valence-electron chi connectivity index (χ2n) is 5.87. The number of carbonyl (C=O) groups excluding carboxylic acids is 3. The van der Waals surface area contributed by atoms with Crippen molar-refractivity contribution < 1.29 is 23.6 Å². The van der Waals surface area contributed by atoms with Gasteiger partial charge in [-0.1, -0.05) is 17.3 Å². The molecule has 0 radical (unpaired) electrons. The fraction of sp³-hybridized carbons (Fsp3) is 0.158. The van der Waals surface area contributed by atoms with Gasteiger partial charge in [0.2, 0.25) is 0 Å². The average molecular weight is 399 g/mol. The molecule has 3 aromatic rings. The summed E-state index contributed by atoms with van der Waals surface area (Å²) < 4.78 is 10.1. The number of carbonyl (C=O) groups is 3. The van der Waals surface area contributed by atoms with Crippen LogP contribution in [0.3, 0.4) is 0 Å². The number of hydrogen-bond acceptors (Lipinski definition) is 7. The van der Waals surface area contributed by atoms with Gasteiger partial charge in [0.05, 0.1) is 10.4 Å². The number of anilines is 2. The Kier molecular flexibility index (Phi) is 5.85. The van der Waals surface area contributed by atoms with E-state index in [-0.39, 0.29) is 17.3 Å². The molecule has 8 nitrogen and oxygen atoms in total. The van der Waals surface area contributed by atoms with Crippen molar-refractivity contribution in [3.8, 4) is 0 Å². The smallest absolute Gasteiger partial charge is 0.338 e. The van der Waals surface area contributed by atoms with Crippen LogP contribution in [0.15, 0.2) is 52.4 Å². The zero-order chi connectivity index (χ0) is 20.1. The number of amides is 2. The summed E-state index contributed by atoms with van der Waals surface area (Å²) in [7, 11) is 0. The Morgan fingerprint density at radius 3 is 2.64 bits per heavy atom. The third-order valence-corrected chi connectivity index (χ3v) is 4.50. The molecule has 3 rings (SSSR count). The van der Waals surface area contributed by atoms with E-state index in [1.54, 1.807) is 42.6 Å². The first-order chi connectivity index (χ1) is 13.4. The molecule has 2 N–H and O–H groups in total. The normalized spacial score (nSPS) is 11.5. The number of benzene rings is 1. The van der Waals surface area contributed by atoms with Crippen LogP contribution < -0.4 is 10.6 Å². The highest BCUT2D eigenvalue weighted by molar-refractivity contribution is 7.12. The molecule has 1 aromatic carbocycles. The van der Waals surface area contributed by atoms with E-state index < -0.39 is 18.0 Å². The Balaban J connectivity index is 1.60. The van der Waals surface area contributed by atoms with E-state index in [1.807, 2.05) is 0 Å². The number of esters is 1. The van der Waals surface area contributed by atoms with Crippen molar-refractivity contribution in [1.29, 1.82) is 0 Å². The molecule has 1 atom stereocenters. The molecule has 0 saturated heterocycles. The van der Waals surface area contributed by atoms with E-state index in [0.717, 1.165) is 0 Å². The highest BCUT2D eigenvalue weighted by Gasteiger charge is 2.20. The van der Waals surface area contributed by atoms with E-state index >= 15 is 0 Å². The van der Waals surface area contributed by atoms with Crippen molar-refractivity contribution in [2.24, 2.45) is 0 Å². The highest BCUT2D eigenvalue weighted by Crippen LogP contribution is 2.16. The maximum absolute atomic E-state index is 12.3. The minimum Gasteiger partial charge on any atom is -0.449 e. The number of ether oxygens (including phenoxy) is 1. The molecule has 0 fully saturated rings. The Labute approximate surface area is 164 Å². The SMILES string of the molecule is Cc1cc(NC(=O)[C@H](C)OC(=O)c2cccc(NC(=O)c3cccs3)c2)no1. The lowest BCUT2D eigenvalue weighted by Crippen LogP contribution is -2.30. The zero-order valence-corrected chi connectivity index (χ0v) is 15.9. The summed E-state index contributed by atoms with van der Waals surface area (Å²) >= 11 is 1.31. The van der Waals surface area contributed by atoms with E-state index in [1.165, 1.54) is 30.4 Å². The number of nitrogens with one attached hydrogen (secondary N) is 2. The fourth-order valence-electron chi connectivity index (χ4n) is 2.26. The van der Waals surface area contributed by atoms with Crippen LogP contribution in [-0.2, 0) is 9.53 Å². The molecule has 28 heavy (non-hydrogen) atoms. The molecule has 0 saturated carbocycles. The maximum atomic E-state index is 12.3. The average Bonchev–Trinajstić information content (AvgIpc) is 3.34. The summed E-state index contributed by atoms with van der Waals surface area (Å²) in [5.41, 5.74) is 0.656. The molecule has 0 unspecified atom stereocenters. The maximum Gasteiger partial charge on any atom is 0.338 e. The molecule has 0 aliphatic heterocycles. The van der Waals surface area contributed by atoms with Crippen molar-refractivity contribution >= 4 is 40.6 Å². The number of nitrogens with zero attached hydrogens (tertiary/aromatic N) is 1. The number of thiophene rings is 1. The number of aromatic nitrogens is 1. The van der Waals surface area contributed by atoms with Gasteiger partial charge in [-0.15, -0.1) is 11.3 Å². The quantitative estimate of drug-likeness (QED) is 0.614. The second kappa shape index (κ2) is 8.49. The van der Waals surface area contributed by atoms with Gasteiger partial charge >= 0.3 is 5.97 Å². The monoisotopic (exact) mass is 399 g/mol. The van der Waals surface area contributed by atoms with Gasteiger partial charge in [0, 0.05) is 11.8 Å². The van der Waals surface area contributed by atoms with Crippen molar-refractivity contribution in [2.75, 3.05) is 10.6 Å². The first kappa shape index (κ1) is 19.3. The van der Waals surface area contributed by atoms with Crippen LogP contribution in [0.2, 0.25) is 0 Å². The summed E-state index contributed by atoms with van der Waals surface area (Å²) in [6, 6.07) is 11.3. The summed E-state index contributed by atoms with van der Waals surface area (Å²) in [6.45, 7) is 3.14. The van der Waals surface area contributed by atoms with Gasteiger partial charge in [-0.3, -0.25) is 9.59 Å². The number of hydrogen-bond donors (Lipinski definition) is 2. The lowest BCUT2D eigenvalue weighted by Gasteiger charge is -2.13. The molecule has 0 spiro atoms. The van der Waals surface area contributed by atoms with Crippen molar-refractivity contribution in [3.05, 3.63) is 64.0 Å². The largest absolute Gasteiger partial charge is 0.449 e. The van der Waals surface area contributed by atoms with Gasteiger partial charge in [0.25, 0.3) is 11.8 Å². The van der Waals surface area contributed by atoms with E-state index in [2.05, 4.69) is 15.8 Å². The molecule has 0 aliphatic carbocycles. The predicted octanol–water partition coefficient (Wildman–Crippen LogP) is 3.48. The van der Waals surface area contributed by atoms with Gasteiger partial charge in [-0.05, 0) is 43.5 Å². The van der Waals surface area contributed by atoms with E-state index in [9.17, 15) is 14.4 Å². The third kappa shape index (κ3) is 4.83. The lowest BCUT2D eigenvalue weighted by molar-refractivity contribution is -0.123. The Morgan fingerprint density at radius 1 is 1.14 bits per heavy atom. The highest BCUT2D eigenvalue weighted by atomic mass is 32.1. The zero-order valence-electron chi connectivity index (χ0n) is 15.1. The molecular formula is C19H17N3O5S. The summed E-state index contributed by atoms with van der Waals surface area (Å²) in [5, 5.41) is 10.7. The van der Waals surface area contributed by atoms with Crippen LogP contribution in [0.4, 0.5) is 11.5 Å². The number of rotatable bonds is 6. The minimum absolute atomic E-state index is 0.209. The standard InChI is InChI=1S/C19H17N3O5S/c1-11-9-16(22-27-11)21-17(23)12(2)26-19(25)13-5-3-6-14(10-13)20-18(24)15-7-4-8-28-15/h3-10,12H,1-2H3,(H,20,24)(H,21,22,23)/t12-/m0/s1. The van der Waals surface area contributed by atoms with Crippen molar-refractivity contribution in [2.45, 2.75) is 20.0 Å². The molecular weight excluding hydrogens is 382 g/mol. The minimum atomic E-state index is -1.05. The van der Waals surface area contributed by atoms with Crippen LogP contribution in [0, 0.1) is 6.92 Å². The fourth-order valence-corrected chi connectivity index (χ4v) is 2.88. The topological polar surface area (TPSA) is 111 Å². The molecule has 2 aromatic heterocycles. The first-order valence-electron chi connectivity index (χ1n) is 8.32. The molecule has 2 amide bonds. The van der Waals surface area contributed by atoms with Gasteiger partial charge in [-0.2, -0.15) is 0 Å². The summed E-state index contributed by atoms with van der Waals surface area (Å²) in [4.78, 5) is 37.1. The van der Waals surface area contributed by atoms with E-state index in [0.29, 0.717) is 16.3 Å². The third-order valence-electron chi connectivity index (χ3n) is 3.63. The predicted molar refractivity (Wildman–Crippen MR) is 103 cm³/mol. The summed E-state index contributed by atoms with van der Waals surface area (Å²) in [6.07, 6.45) is -1.05. The van der Waals surface area contributed by atoms with Gasteiger partial charge in [0.1, 0.15) is 5.76 Å². The Morgan fingerprint density at radius 2 is 1.96 bits per heavy atom. The molecule has 2 heterocycles. The van der Waals surface area contributed by atoms with Gasteiger partial charge < -0.3 is 19.9 Å². The van der Waals surface area contributed by atoms with Crippen LogP contribution in [0.1, 0.15) is 32.7 Å². The second-order valence-corrected chi connectivity index (χ2v) is 6.82. The van der Waals surface area contributed by atoms with Crippen molar-refractivity contribution in [3.63, 3.8) is 0 Å². The van der Waals surface area contributed by atoms with Crippen molar-refractivity contribution in [1.82, 2.24) is 5.16 Å². The Hall–Kier alpha value is -3.46. The van der Waals surface area contributed by atoms with Gasteiger partial charge in [0.15, 0.2) is 11.9 Å². The summed E-state index contributed by atoms with van der Waals surface area (Å²) in [5.74, 6) is -0.712. The molecule has 9 heteroatoms. The number of aryl methyl sites for hydroxylation is 1. The van der Waals surface area contributed by atoms with E-state index in [4.69, 9.17) is 9.26 Å². The lowest BCUT2D eigenvalue weighted by atomic mass is 10.2. The Bertz CT molecular complexity index is 997. The van der Waals surface area contributed by atoms with Crippen LogP contribution in [-0.4, -0.2) is 29.0 Å². The molecule has 0 aliphatic rings. The first-order valence-corrected chi connectivity index (χ1v) is 9.20.